The minimum Gasteiger partial charge on any atom is -0.497 e. The minimum absolute atomic E-state index is 0.134. The maximum Gasteiger partial charge on any atom is 0.261 e. The summed E-state index contributed by atoms with van der Waals surface area (Å²) in [7, 11) is 1.59. The van der Waals surface area contributed by atoms with Crippen molar-refractivity contribution < 1.29 is 19.1 Å². The van der Waals surface area contributed by atoms with E-state index in [1.54, 1.807) is 36.3 Å². The van der Waals surface area contributed by atoms with Crippen molar-refractivity contribution in [3.8, 4) is 11.5 Å². The zero-order chi connectivity index (χ0) is 21.9. The van der Waals surface area contributed by atoms with Gasteiger partial charge in [-0.05, 0) is 49.6 Å². The Morgan fingerprint density at radius 1 is 1.07 bits per heavy atom. The number of rotatable bonds is 11. The molecule has 0 bridgehead atoms. The molecule has 0 aliphatic rings. The number of carbonyl (C=O) groups excluding carboxylic acids is 2. The highest BCUT2D eigenvalue weighted by atomic mass is 16.5. The Kier molecular flexibility index (Phi) is 9.19. The topological polar surface area (TPSA) is 67.9 Å². The number of methoxy groups -OCH3 is 1. The van der Waals surface area contributed by atoms with E-state index in [0.29, 0.717) is 31.0 Å². The largest absolute Gasteiger partial charge is 0.497 e. The fraction of sp³-hybridized carbons (Fsp3) is 0.417. The van der Waals surface area contributed by atoms with Gasteiger partial charge in [-0.3, -0.25) is 9.59 Å². The number of carbonyl (C=O) groups is 2. The van der Waals surface area contributed by atoms with Crippen molar-refractivity contribution >= 4 is 11.8 Å². The Bertz CT molecular complexity index is 820. The third-order valence-electron chi connectivity index (χ3n) is 4.79. The smallest absolute Gasteiger partial charge is 0.261 e. The van der Waals surface area contributed by atoms with Crippen LogP contribution in [0.5, 0.6) is 11.5 Å². The number of hydrogen-bond acceptors (Lipinski definition) is 4. The molecule has 1 atom stereocenters. The summed E-state index contributed by atoms with van der Waals surface area (Å²) in [6, 6.07) is 14.5. The van der Waals surface area contributed by atoms with E-state index in [4.69, 9.17) is 9.47 Å². The molecule has 0 saturated carbocycles. The second kappa shape index (κ2) is 11.9. The molecule has 0 unspecified atom stereocenters. The standard InChI is InChI=1S/C24H32N2O4/c1-5-14-25-24(28)22(6-2)26(16-19-9-7-8-18(3)15-19)23(27)17-30-21-12-10-20(29-4)11-13-21/h7-13,15,22H,5-6,14,16-17H2,1-4H3,(H,25,28)/t22-/m0/s1. The second-order valence-corrected chi connectivity index (χ2v) is 7.19. The molecule has 2 amide bonds. The summed E-state index contributed by atoms with van der Waals surface area (Å²) >= 11 is 0. The van der Waals surface area contributed by atoms with Gasteiger partial charge < -0.3 is 19.7 Å². The van der Waals surface area contributed by atoms with Gasteiger partial charge >= 0.3 is 0 Å². The average molecular weight is 413 g/mol. The molecule has 0 heterocycles. The van der Waals surface area contributed by atoms with Crippen LogP contribution in [-0.2, 0) is 16.1 Å². The maximum atomic E-state index is 13.1. The number of benzene rings is 2. The van der Waals surface area contributed by atoms with E-state index in [0.717, 1.165) is 17.5 Å². The van der Waals surface area contributed by atoms with Gasteiger partial charge in [-0.2, -0.15) is 0 Å². The van der Waals surface area contributed by atoms with Crippen LogP contribution in [0.25, 0.3) is 0 Å². The predicted octanol–water partition coefficient (Wildman–Crippen LogP) is 3.72. The van der Waals surface area contributed by atoms with Gasteiger partial charge in [0.05, 0.1) is 7.11 Å². The molecule has 6 heteroatoms. The van der Waals surface area contributed by atoms with Gasteiger partial charge in [0.15, 0.2) is 6.61 Å². The van der Waals surface area contributed by atoms with Crippen LogP contribution in [-0.4, -0.2) is 43.0 Å². The van der Waals surface area contributed by atoms with Crippen LogP contribution in [0.1, 0.15) is 37.8 Å². The fourth-order valence-electron chi connectivity index (χ4n) is 3.19. The van der Waals surface area contributed by atoms with Crippen LogP contribution >= 0.6 is 0 Å². The third kappa shape index (κ3) is 6.79. The highest BCUT2D eigenvalue weighted by Crippen LogP contribution is 2.18. The lowest BCUT2D eigenvalue weighted by Crippen LogP contribution is -2.50. The Hall–Kier alpha value is -3.02. The van der Waals surface area contributed by atoms with Crippen molar-refractivity contribution in [1.29, 1.82) is 0 Å². The first kappa shape index (κ1) is 23.3. The lowest BCUT2D eigenvalue weighted by Gasteiger charge is -2.30. The van der Waals surface area contributed by atoms with Crippen LogP contribution < -0.4 is 14.8 Å². The van der Waals surface area contributed by atoms with E-state index in [2.05, 4.69) is 5.32 Å². The molecule has 2 rings (SSSR count). The number of hydrogen-bond donors (Lipinski definition) is 1. The van der Waals surface area contributed by atoms with E-state index in [-0.39, 0.29) is 18.4 Å². The quantitative estimate of drug-likeness (QED) is 0.611. The lowest BCUT2D eigenvalue weighted by atomic mass is 10.1. The summed E-state index contributed by atoms with van der Waals surface area (Å²) in [5.41, 5.74) is 2.09. The lowest BCUT2D eigenvalue weighted by molar-refractivity contribution is -0.143. The van der Waals surface area contributed by atoms with Gasteiger partial charge in [-0.25, -0.2) is 0 Å². The summed E-state index contributed by atoms with van der Waals surface area (Å²) in [6.07, 6.45) is 1.37. The van der Waals surface area contributed by atoms with Gasteiger partial charge in [0.25, 0.3) is 5.91 Å². The van der Waals surface area contributed by atoms with Crippen LogP contribution in [0.4, 0.5) is 0 Å². The zero-order valence-electron chi connectivity index (χ0n) is 18.3. The molecular formula is C24H32N2O4. The molecule has 2 aromatic rings. The van der Waals surface area contributed by atoms with Crippen molar-refractivity contribution in [2.75, 3.05) is 20.3 Å². The number of ether oxygens (including phenoxy) is 2. The molecule has 162 valence electrons. The van der Waals surface area contributed by atoms with E-state index in [1.807, 2.05) is 45.0 Å². The molecule has 0 aromatic heterocycles. The summed E-state index contributed by atoms with van der Waals surface area (Å²) in [6.45, 7) is 6.72. The number of nitrogens with zero attached hydrogens (tertiary/aromatic N) is 1. The van der Waals surface area contributed by atoms with Gasteiger partial charge in [-0.1, -0.05) is 43.7 Å². The first-order chi connectivity index (χ1) is 14.5. The zero-order valence-corrected chi connectivity index (χ0v) is 18.3. The Morgan fingerprint density at radius 3 is 2.37 bits per heavy atom. The Balaban J connectivity index is 2.16. The Labute approximate surface area is 179 Å². The maximum absolute atomic E-state index is 13.1. The molecule has 0 fully saturated rings. The predicted molar refractivity (Wildman–Crippen MR) is 118 cm³/mol. The van der Waals surface area contributed by atoms with E-state index < -0.39 is 6.04 Å². The average Bonchev–Trinajstić information content (AvgIpc) is 2.76. The molecule has 30 heavy (non-hydrogen) atoms. The summed E-state index contributed by atoms with van der Waals surface area (Å²) in [5.74, 6) is 0.923. The van der Waals surface area contributed by atoms with Gasteiger partial charge in [-0.15, -0.1) is 0 Å². The van der Waals surface area contributed by atoms with Crippen molar-refractivity contribution in [3.05, 3.63) is 59.7 Å². The van der Waals surface area contributed by atoms with Crippen LogP contribution in [0.3, 0.4) is 0 Å². The highest BCUT2D eigenvalue weighted by Gasteiger charge is 2.28. The van der Waals surface area contributed by atoms with Crippen molar-refractivity contribution in [2.24, 2.45) is 0 Å². The normalized spacial score (nSPS) is 11.5. The molecule has 0 aliphatic carbocycles. The molecule has 0 spiro atoms. The monoisotopic (exact) mass is 412 g/mol. The van der Waals surface area contributed by atoms with Crippen LogP contribution in [0, 0.1) is 6.92 Å². The van der Waals surface area contributed by atoms with Gasteiger partial charge in [0.1, 0.15) is 17.5 Å². The van der Waals surface area contributed by atoms with Crippen molar-refractivity contribution in [1.82, 2.24) is 10.2 Å². The molecular weight excluding hydrogens is 380 g/mol. The van der Waals surface area contributed by atoms with Crippen molar-refractivity contribution in [2.45, 2.75) is 46.2 Å². The first-order valence-electron chi connectivity index (χ1n) is 10.4. The van der Waals surface area contributed by atoms with Crippen LogP contribution in [0.15, 0.2) is 48.5 Å². The molecule has 0 aliphatic heterocycles. The minimum atomic E-state index is -0.552. The summed E-state index contributed by atoms with van der Waals surface area (Å²) in [5, 5.41) is 2.91. The number of amides is 2. The molecule has 1 N–H and O–H groups in total. The van der Waals surface area contributed by atoms with Crippen LogP contribution in [0.2, 0.25) is 0 Å². The molecule has 0 radical (unpaired) electrons. The molecule has 2 aromatic carbocycles. The molecule has 6 nitrogen and oxygen atoms in total. The van der Waals surface area contributed by atoms with Gasteiger partial charge in [0.2, 0.25) is 5.91 Å². The summed E-state index contributed by atoms with van der Waals surface area (Å²) in [4.78, 5) is 27.4. The Morgan fingerprint density at radius 2 is 1.77 bits per heavy atom. The SMILES string of the molecule is CCCNC(=O)[C@H](CC)N(Cc1cccc(C)c1)C(=O)COc1ccc(OC)cc1. The highest BCUT2D eigenvalue weighted by molar-refractivity contribution is 5.88. The number of aryl methyl sites for hydroxylation is 1. The first-order valence-corrected chi connectivity index (χ1v) is 10.4. The summed E-state index contributed by atoms with van der Waals surface area (Å²) < 4.78 is 10.8. The number of nitrogens with one attached hydrogen (secondary N) is 1. The fourth-order valence-corrected chi connectivity index (χ4v) is 3.19. The van der Waals surface area contributed by atoms with E-state index >= 15 is 0 Å². The molecule has 0 saturated heterocycles. The van der Waals surface area contributed by atoms with E-state index in [9.17, 15) is 9.59 Å². The van der Waals surface area contributed by atoms with Gasteiger partial charge in [0, 0.05) is 13.1 Å². The second-order valence-electron chi connectivity index (χ2n) is 7.19. The third-order valence-corrected chi connectivity index (χ3v) is 4.79. The van der Waals surface area contributed by atoms with E-state index in [1.165, 1.54) is 0 Å². The van der Waals surface area contributed by atoms with Crippen molar-refractivity contribution in [3.63, 3.8) is 0 Å².